The van der Waals surface area contributed by atoms with Gasteiger partial charge in [-0.05, 0) is 24.6 Å². The Bertz CT molecular complexity index is 529. The molecule has 98 valence electrons. The molecule has 0 bridgehead atoms. The molecular weight excluding hydrogens is 241 g/mol. The largest absolute Gasteiger partial charge is 0.390 e. The van der Waals surface area contributed by atoms with E-state index in [0.29, 0.717) is 13.0 Å². The van der Waals surface area contributed by atoms with Crippen LogP contribution in [-0.4, -0.2) is 17.3 Å². The fourth-order valence-corrected chi connectivity index (χ4v) is 2.11. The zero-order valence-electron chi connectivity index (χ0n) is 9.87. The summed E-state index contributed by atoms with van der Waals surface area (Å²) in [6.07, 6.45) is -2.48. The first kappa shape index (κ1) is 13.0. The van der Waals surface area contributed by atoms with Crippen molar-refractivity contribution in [3.05, 3.63) is 36.0 Å². The highest BCUT2D eigenvalue weighted by Gasteiger charge is 2.26. The number of fused-ring (bicyclic) bond motifs is 1. The lowest BCUT2D eigenvalue weighted by Gasteiger charge is -2.08. The molecule has 0 unspecified atom stereocenters. The van der Waals surface area contributed by atoms with Crippen LogP contribution in [0.1, 0.15) is 12.0 Å². The maximum atomic E-state index is 12.3. The summed E-state index contributed by atoms with van der Waals surface area (Å²) in [5.41, 5.74) is 7.36. The van der Waals surface area contributed by atoms with Crippen LogP contribution in [0, 0.1) is 0 Å². The summed E-state index contributed by atoms with van der Waals surface area (Å²) in [6.45, 7) is 0.446. The topological polar surface area (TPSA) is 30.9 Å². The maximum Gasteiger partial charge on any atom is 0.390 e. The number of para-hydroxylation sites is 1. The summed E-state index contributed by atoms with van der Waals surface area (Å²) in [5.74, 6) is 0. The predicted molar refractivity (Wildman–Crippen MR) is 65.4 cm³/mol. The van der Waals surface area contributed by atoms with Crippen molar-refractivity contribution in [2.45, 2.75) is 25.6 Å². The van der Waals surface area contributed by atoms with Crippen molar-refractivity contribution in [3.8, 4) is 0 Å². The molecule has 0 aliphatic heterocycles. The predicted octanol–water partition coefficient (Wildman–Crippen LogP) is 3.09. The van der Waals surface area contributed by atoms with Gasteiger partial charge in [0, 0.05) is 23.6 Å². The standard InChI is InChI=1S/C13H15F3N2/c14-13(15,16)6-8-18-9-10(5-7-17)11-3-1-2-4-12(11)18/h1-4,9H,5-8,17H2. The van der Waals surface area contributed by atoms with E-state index < -0.39 is 12.6 Å². The zero-order valence-corrected chi connectivity index (χ0v) is 9.87. The van der Waals surface area contributed by atoms with Gasteiger partial charge in [0.15, 0.2) is 0 Å². The summed E-state index contributed by atoms with van der Waals surface area (Å²) in [5, 5.41) is 0.991. The second kappa shape index (κ2) is 5.02. The average molecular weight is 256 g/mol. The molecule has 2 aromatic rings. The summed E-state index contributed by atoms with van der Waals surface area (Å²) in [6, 6.07) is 7.48. The van der Waals surface area contributed by atoms with Crippen molar-refractivity contribution < 1.29 is 13.2 Å². The number of benzene rings is 1. The van der Waals surface area contributed by atoms with E-state index in [-0.39, 0.29) is 6.54 Å². The van der Waals surface area contributed by atoms with Crippen LogP contribution in [-0.2, 0) is 13.0 Å². The molecule has 0 spiro atoms. The van der Waals surface area contributed by atoms with E-state index in [0.717, 1.165) is 16.5 Å². The maximum absolute atomic E-state index is 12.3. The van der Waals surface area contributed by atoms with Gasteiger partial charge in [-0.3, -0.25) is 0 Å². The van der Waals surface area contributed by atoms with E-state index >= 15 is 0 Å². The highest BCUT2D eigenvalue weighted by atomic mass is 19.4. The first-order valence-corrected chi connectivity index (χ1v) is 5.85. The van der Waals surface area contributed by atoms with Crippen molar-refractivity contribution >= 4 is 10.9 Å². The lowest BCUT2D eigenvalue weighted by atomic mass is 10.1. The molecule has 0 fully saturated rings. The summed E-state index contributed by atoms with van der Waals surface area (Å²) >= 11 is 0. The Hall–Kier alpha value is -1.49. The molecule has 1 aromatic heterocycles. The molecule has 1 heterocycles. The number of alkyl halides is 3. The Morgan fingerprint density at radius 3 is 2.56 bits per heavy atom. The number of rotatable bonds is 4. The highest BCUT2D eigenvalue weighted by molar-refractivity contribution is 5.84. The van der Waals surface area contributed by atoms with Crippen molar-refractivity contribution in [1.29, 1.82) is 0 Å². The Balaban J connectivity index is 2.32. The number of hydrogen-bond acceptors (Lipinski definition) is 1. The van der Waals surface area contributed by atoms with Crippen LogP contribution in [0.2, 0.25) is 0 Å². The van der Waals surface area contributed by atoms with Crippen molar-refractivity contribution in [3.63, 3.8) is 0 Å². The molecule has 0 saturated carbocycles. The highest BCUT2D eigenvalue weighted by Crippen LogP contribution is 2.25. The van der Waals surface area contributed by atoms with Crippen LogP contribution in [0.15, 0.2) is 30.5 Å². The van der Waals surface area contributed by atoms with Crippen molar-refractivity contribution in [2.24, 2.45) is 5.73 Å². The minimum absolute atomic E-state index is 0.0470. The van der Waals surface area contributed by atoms with Gasteiger partial charge in [-0.1, -0.05) is 18.2 Å². The number of nitrogens with zero attached hydrogens (tertiary/aromatic N) is 1. The number of aryl methyl sites for hydroxylation is 1. The Labute approximate surface area is 103 Å². The SMILES string of the molecule is NCCc1cn(CCC(F)(F)F)c2ccccc12. The second-order valence-corrected chi connectivity index (χ2v) is 4.27. The van der Waals surface area contributed by atoms with Gasteiger partial charge in [0.2, 0.25) is 0 Å². The van der Waals surface area contributed by atoms with Gasteiger partial charge in [0.1, 0.15) is 0 Å². The fourth-order valence-electron chi connectivity index (χ4n) is 2.11. The molecule has 2 nitrogen and oxygen atoms in total. The van der Waals surface area contributed by atoms with Gasteiger partial charge in [-0.15, -0.1) is 0 Å². The van der Waals surface area contributed by atoms with Crippen molar-refractivity contribution in [2.75, 3.05) is 6.54 Å². The molecule has 1 aromatic carbocycles. The Morgan fingerprint density at radius 2 is 1.89 bits per heavy atom. The van der Waals surface area contributed by atoms with Gasteiger partial charge in [0.05, 0.1) is 6.42 Å². The zero-order chi connectivity index (χ0) is 13.2. The molecule has 0 amide bonds. The lowest BCUT2D eigenvalue weighted by molar-refractivity contribution is -0.136. The monoisotopic (exact) mass is 256 g/mol. The van der Waals surface area contributed by atoms with Gasteiger partial charge in [0.25, 0.3) is 0 Å². The Kier molecular flexibility index (Phi) is 3.61. The van der Waals surface area contributed by atoms with Gasteiger partial charge in [-0.2, -0.15) is 13.2 Å². The third-order valence-electron chi connectivity index (χ3n) is 2.92. The summed E-state index contributed by atoms with van der Waals surface area (Å²) < 4.78 is 38.4. The van der Waals surface area contributed by atoms with Crippen LogP contribution in [0.3, 0.4) is 0 Å². The summed E-state index contributed by atoms with van der Waals surface area (Å²) in [4.78, 5) is 0. The smallest absolute Gasteiger partial charge is 0.347 e. The third-order valence-corrected chi connectivity index (χ3v) is 2.92. The average Bonchev–Trinajstić information content (AvgIpc) is 2.65. The molecule has 0 saturated heterocycles. The van der Waals surface area contributed by atoms with E-state index in [1.165, 1.54) is 0 Å². The van der Waals surface area contributed by atoms with Gasteiger partial charge < -0.3 is 10.3 Å². The van der Waals surface area contributed by atoms with Gasteiger partial charge in [-0.25, -0.2) is 0 Å². The molecule has 5 heteroatoms. The van der Waals surface area contributed by atoms with E-state index in [2.05, 4.69) is 0 Å². The number of hydrogen-bond donors (Lipinski definition) is 1. The molecular formula is C13H15F3N2. The second-order valence-electron chi connectivity index (χ2n) is 4.27. The quantitative estimate of drug-likeness (QED) is 0.895. The van der Waals surface area contributed by atoms with Gasteiger partial charge >= 0.3 is 6.18 Å². The van der Waals surface area contributed by atoms with E-state index in [1.54, 1.807) is 10.8 Å². The number of nitrogens with two attached hydrogens (primary N) is 1. The molecule has 0 aliphatic rings. The van der Waals surface area contributed by atoms with E-state index in [4.69, 9.17) is 5.73 Å². The van der Waals surface area contributed by atoms with Crippen LogP contribution in [0.5, 0.6) is 0 Å². The Morgan fingerprint density at radius 1 is 1.17 bits per heavy atom. The minimum atomic E-state index is -4.13. The fraction of sp³-hybridized carbons (Fsp3) is 0.385. The molecule has 18 heavy (non-hydrogen) atoms. The van der Waals surface area contributed by atoms with E-state index in [1.807, 2.05) is 24.3 Å². The molecule has 0 atom stereocenters. The number of aromatic nitrogens is 1. The molecule has 2 rings (SSSR count). The summed E-state index contributed by atoms with van der Waals surface area (Å²) in [7, 11) is 0. The van der Waals surface area contributed by atoms with Crippen molar-refractivity contribution in [1.82, 2.24) is 4.57 Å². The van der Waals surface area contributed by atoms with Crippen LogP contribution < -0.4 is 5.73 Å². The molecule has 2 N–H and O–H groups in total. The number of halogens is 3. The first-order chi connectivity index (χ1) is 8.51. The first-order valence-electron chi connectivity index (χ1n) is 5.85. The van der Waals surface area contributed by atoms with Crippen LogP contribution in [0.25, 0.3) is 10.9 Å². The van der Waals surface area contributed by atoms with E-state index in [9.17, 15) is 13.2 Å². The minimum Gasteiger partial charge on any atom is -0.347 e. The molecule has 0 aliphatic carbocycles. The van der Waals surface area contributed by atoms with Crippen LogP contribution in [0.4, 0.5) is 13.2 Å². The third kappa shape index (κ3) is 2.85. The normalized spacial score (nSPS) is 12.2. The molecule has 0 radical (unpaired) electrons. The lowest BCUT2D eigenvalue weighted by Crippen LogP contribution is -2.11. The van der Waals surface area contributed by atoms with Crippen LogP contribution >= 0.6 is 0 Å².